The topological polar surface area (TPSA) is 51.2 Å². The summed E-state index contributed by atoms with van der Waals surface area (Å²) >= 11 is 0. The highest BCUT2D eigenvalue weighted by Gasteiger charge is 2.14. The molecule has 0 radical (unpaired) electrons. The fourth-order valence-corrected chi connectivity index (χ4v) is 4.63. The van der Waals surface area contributed by atoms with Gasteiger partial charge in [0.25, 0.3) is 5.91 Å². The van der Waals surface area contributed by atoms with Gasteiger partial charge in [0.1, 0.15) is 17.2 Å². The van der Waals surface area contributed by atoms with Crippen molar-refractivity contribution in [2.24, 2.45) is 0 Å². The van der Waals surface area contributed by atoms with Gasteiger partial charge in [-0.2, -0.15) is 0 Å². The van der Waals surface area contributed by atoms with Crippen LogP contribution in [0.3, 0.4) is 0 Å². The first-order valence-corrected chi connectivity index (χ1v) is 13.4. The standard InChI is InChI=1S/C35H34N2O2/c1-24(20-25-10-12-27(13-11-25)26-8-6-5-7-9-26)37-34(38)33-22-29-21-32(17-14-28(29)23-36-33)39-31-18-15-30(16-19-31)35(2,3)4/h5-19,21-24H,20H2,1-4H3,(H,37,38)/t24-/m1/s1. The number of fused-ring (bicyclic) bond motifs is 1. The van der Waals surface area contributed by atoms with E-state index < -0.39 is 0 Å². The van der Waals surface area contributed by atoms with Gasteiger partial charge in [0, 0.05) is 17.6 Å². The molecule has 1 amide bonds. The lowest BCUT2D eigenvalue weighted by Crippen LogP contribution is -2.34. The third-order valence-electron chi connectivity index (χ3n) is 6.86. The van der Waals surface area contributed by atoms with Gasteiger partial charge < -0.3 is 10.1 Å². The van der Waals surface area contributed by atoms with Crippen LogP contribution in [0, 0.1) is 0 Å². The summed E-state index contributed by atoms with van der Waals surface area (Å²) in [5, 5.41) is 4.95. The summed E-state index contributed by atoms with van der Waals surface area (Å²) in [7, 11) is 0. The highest BCUT2D eigenvalue weighted by atomic mass is 16.5. The third kappa shape index (κ3) is 6.53. The molecule has 0 aliphatic rings. The number of aromatic nitrogens is 1. The number of hydrogen-bond donors (Lipinski definition) is 1. The number of nitrogens with one attached hydrogen (secondary N) is 1. The number of benzene rings is 4. The first-order valence-electron chi connectivity index (χ1n) is 13.4. The summed E-state index contributed by atoms with van der Waals surface area (Å²) in [5.41, 5.74) is 5.29. The molecule has 0 spiro atoms. The quantitative estimate of drug-likeness (QED) is 0.237. The van der Waals surface area contributed by atoms with Crippen molar-refractivity contribution in [3.8, 4) is 22.6 Å². The highest BCUT2D eigenvalue weighted by molar-refractivity contribution is 5.96. The number of carbonyl (C=O) groups excluding carboxylic acids is 1. The molecule has 39 heavy (non-hydrogen) atoms. The van der Waals surface area contributed by atoms with Crippen LogP contribution in [0.25, 0.3) is 21.9 Å². The van der Waals surface area contributed by atoms with Gasteiger partial charge in [0.15, 0.2) is 0 Å². The lowest BCUT2D eigenvalue weighted by molar-refractivity contribution is 0.0935. The number of rotatable bonds is 7. The van der Waals surface area contributed by atoms with E-state index in [0.29, 0.717) is 5.69 Å². The predicted octanol–water partition coefficient (Wildman–Crippen LogP) is 8.35. The molecule has 5 rings (SSSR count). The third-order valence-corrected chi connectivity index (χ3v) is 6.86. The van der Waals surface area contributed by atoms with Crippen molar-refractivity contribution >= 4 is 16.7 Å². The van der Waals surface area contributed by atoms with Crippen molar-refractivity contribution in [1.82, 2.24) is 10.3 Å². The van der Waals surface area contributed by atoms with E-state index in [1.54, 1.807) is 6.20 Å². The molecule has 196 valence electrons. The number of ether oxygens (including phenoxy) is 1. The van der Waals surface area contributed by atoms with Crippen molar-refractivity contribution < 1.29 is 9.53 Å². The Kier molecular flexibility index (Phi) is 7.47. The van der Waals surface area contributed by atoms with Crippen LogP contribution < -0.4 is 10.1 Å². The summed E-state index contributed by atoms with van der Waals surface area (Å²) in [4.78, 5) is 17.4. The highest BCUT2D eigenvalue weighted by Crippen LogP contribution is 2.29. The maximum absolute atomic E-state index is 13.0. The second kappa shape index (κ2) is 11.1. The van der Waals surface area contributed by atoms with E-state index in [1.165, 1.54) is 22.3 Å². The van der Waals surface area contributed by atoms with Crippen molar-refractivity contribution in [3.63, 3.8) is 0 Å². The number of nitrogens with zero attached hydrogens (tertiary/aromatic N) is 1. The van der Waals surface area contributed by atoms with Crippen LogP contribution in [0.4, 0.5) is 0 Å². The monoisotopic (exact) mass is 514 g/mol. The van der Waals surface area contributed by atoms with E-state index >= 15 is 0 Å². The fourth-order valence-electron chi connectivity index (χ4n) is 4.63. The molecule has 1 aromatic heterocycles. The molecule has 4 aromatic carbocycles. The van der Waals surface area contributed by atoms with Gasteiger partial charge in [-0.15, -0.1) is 0 Å². The van der Waals surface area contributed by atoms with Gasteiger partial charge in [-0.3, -0.25) is 9.78 Å². The van der Waals surface area contributed by atoms with Crippen LogP contribution in [0.5, 0.6) is 11.5 Å². The second-order valence-electron chi connectivity index (χ2n) is 11.1. The maximum atomic E-state index is 13.0. The van der Waals surface area contributed by atoms with Crippen molar-refractivity contribution in [1.29, 1.82) is 0 Å². The zero-order chi connectivity index (χ0) is 27.4. The Morgan fingerprint density at radius 1 is 0.795 bits per heavy atom. The molecule has 0 unspecified atom stereocenters. The van der Waals surface area contributed by atoms with Gasteiger partial charge in [-0.25, -0.2) is 0 Å². The lowest BCUT2D eigenvalue weighted by Gasteiger charge is -2.19. The first-order chi connectivity index (χ1) is 18.7. The summed E-state index contributed by atoms with van der Waals surface area (Å²) in [6, 6.07) is 34.6. The molecular weight excluding hydrogens is 480 g/mol. The largest absolute Gasteiger partial charge is 0.457 e. The molecule has 0 saturated carbocycles. The Morgan fingerprint density at radius 3 is 2.15 bits per heavy atom. The van der Waals surface area contributed by atoms with Crippen LogP contribution in [-0.4, -0.2) is 16.9 Å². The predicted molar refractivity (Wildman–Crippen MR) is 159 cm³/mol. The van der Waals surface area contributed by atoms with Crippen LogP contribution in [-0.2, 0) is 11.8 Å². The van der Waals surface area contributed by atoms with Gasteiger partial charge in [-0.1, -0.05) is 87.5 Å². The molecule has 4 heteroatoms. The summed E-state index contributed by atoms with van der Waals surface area (Å²) < 4.78 is 6.10. The van der Waals surface area contributed by atoms with Crippen molar-refractivity contribution in [3.05, 3.63) is 126 Å². The molecule has 1 atom stereocenters. The van der Waals surface area contributed by atoms with Crippen LogP contribution in [0.1, 0.15) is 49.3 Å². The average Bonchev–Trinajstić information content (AvgIpc) is 2.93. The number of pyridine rings is 1. The molecule has 0 bridgehead atoms. The van der Waals surface area contributed by atoms with E-state index in [1.807, 2.05) is 61.5 Å². The Bertz CT molecular complexity index is 1570. The molecule has 0 saturated heterocycles. The van der Waals surface area contributed by atoms with Gasteiger partial charge in [0.2, 0.25) is 0 Å². The van der Waals surface area contributed by atoms with Gasteiger partial charge in [0.05, 0.1) is 0 Å². The molecule has 4 nitrogen and oxygen atoms in total. The molecule has 0 aliphatic heterocycles. The normalized spacial score (nSPS) is 12.2. The van der Waals surface area contributed by atoms with Crippen molar-refractivity contribution in [2.75, 3.05) is 0 Å². The molecule has 0 aliphatic carbocycles. The van der Waals surface area contributed by atoms with Crippen molar-refractivity contribution in [2.45, 2.75) is 45.6 Å². The minimum absolute atomic E-state index is 0.0386. The zero-order valence-corrected chi connectivity index (χ0v) is 22.9. The number of amides is 1. The van der Waals surface area contributed by atoms with Crippen LogP contribution in [0.2, 0.25) is 0 Å². The number of carbonyl (C=O) groups is 1. The summed E-state index contributed by atoms with van der Waals surface area (Å²) in [6.07, 6.45) is 2.47. The Labute approximate surface area is 230 Å². The van der Waals surface area contributed by atoms with E-state index in [2.05, 4.69) is 79.6 Å². The second-order valence-corrected chi connectivity index (χ2v) is 11.1. The molecule has 1 heterocycles. The maximum Gasteiger partial charge on any atom is 0.270 e. The minimum Gasteiger partial charge on any atom is -0.457 e. The Morgan fingerprint density at radius 2 is 1.46 bits per heavy atom. The zero-order valence-electron chi connectivity index (χ0n) is 22.9. The number of hydrogen-bond acceptors (Lipinski definition) is 3. The van der Waals surface area contributed by atoms with Crippen LogP contribution >= 0.6 is 0 Å². The van der Waals surface area contributed by atoms with Crippen LogP contribution in [0.15, 0.2) is 109 Å². The van der Waals surface area contributed by atoms with E-state index in [0.717, 1.165) is 28.7 Å². The average molecular weight is 515 g/mol. The molecule has 0 fully saturated rings. The molecule has 5 aromatic rings. The minimum atomic E-state index is -0.186. The van der Waals surface area contributed by atoms with Gasteiger partial charge >= 0.3 is 0 Å². The Balaban J connectivity index is 1.23. The smallest absolute Gasteiger partial charge is 0.270 e. The lowest BCUT2D eigenvalue weighted by atomic mass is 9.87. The Hall–Kier alpha value is -4.44. The summed E-state index contributed by atoms with van der Waals surface area (Å²) in [6.45, 7) is 8.59. The fraction of sp³-hybridized carbons (Fsp3) is 0.200. The molecular formula is C35H34N2O2. The summed E-state index contributed by atoms with van der Waals surface area (Å²) in [5.74, 6) is 1.31. The van der Waals surface area contributed by atoms with E-state index in [9.17, 15) is 4.79 Å². The van der Waals surface area contributed by atoms with Gasteiger partial charge in [-0.05, 0) is 82.8 Å². The first kappa shape index (κ1) is 26.2. The SMILES string of the molecule is C[C@H](Cc1ccc(-c2ccccc2)cc1)NC(=O)c1cc2cc(Oc3ccc(C(C)(C)C)cc3)ccc2cn1. The van der Waals surface area contributed by atoms with E-state index in [-0.39, 0.29) is 17.4 Å². The molecule has 1 N–H and O–H groups in total. The van der Waals surface area contributed by atoms with E-state index in [4.69, 9.17) is 4.74 Å².